The quantitative estimate of drug-likeness (QED) is 0.828. The first kappa shape index (κ1) is 15.5. The maximum Gasteiger partial charge on any atom is 0.251 e. The Kier molecular flexibility index (Phi) is 5.83. The molecule has 2 atom stereocenters. The number of ether oxygens (including phenoxy) is 1. The predicted molar refractivity (Wildman–Crippen MR) is 75.5 cm³/mol. The van der Waals surface area contributed by atoms with E-state index >= 15 is 0 Å². The van der Waals surface area contributed by atoms with Crippen molar-refractivity contribution in [2.24, 2.45) is 5.92 Å². The predicted octanol–water partition coefficient (Wildman–Crippen LogP) is 2.14. The molecule has 19 heavy (non-hydrogen) atoms. The van der Waals surface area contributed by atoms with Gasteiger partial charge in [-0.1, -0.05) is 13.0 Å². The number of nitrogens with one attached hydrogen (secondary N) is 1. The average Bonchev–Trinajstić information content (AvgIpc) is 2.35. The number of carbonyl (C=O) groups is 1. The van der Waals surface area contributed by atoms with Crippen molar-refractivity contribution in [3.63, 3.8) is 0 Å². The number of amides is 1. The zero-order valence-corrected chi connectivity index (χ0v) is 12.1. The van der Waals surface area contributed by atoms with Crippen LogP contribution in [0.25, 0.3) is 0 Å². The van der Waals surface area contributed by atoms with Gasteiger partial charge in [-0.25, -0.2) is 0 Å². The minimum Gasteiger partial charge on any atom is -0.496 e. The smallest absolute Gasteiger partial charge is 0.251 e. The second-order valence-electron chi connectivity index (χ2n) is 5.08. The number of hydrogen-bond acceptors (Lipinski definition) is 3. The monoisotopic (exact) mass is 265 g/mol. The lowest BCUT2D eigenvalue weighted by molar-refractivity contribution is 0.0939. The van der Waals surface area contributed by atoms with Gasteiger partial charge in [-0.2, -0.15) is 0 Å². The van der Waals surface area contributed by atoms with Crippen molar-refractivity contribution < 1.29 is 14.6 Å². The minimum atomic E-state index is -0.341. The number of benzene rings is 1. The van der Waals surface area contributed by atoms with Crippen LogP contribution in [-0.4, -0.2) is 30.8 Å². The molecular formula is C15H23NO3. The molecule has 0 aromatic heterocycles. The van der Waals surface area contributed by atoms with Crippen LogP contribution in [0.4, 0.5) is 0 Å². The number of hydrogen-bond donors (Lipinski definition) is 2. The zero-order valence-electron chi connectivity index (χ0n) is 12.1. The van der Waals surface area contributed by atoms with E-state index in [1.807, 2.05) is 19.9 Å². The van der Waals surface area contributed by atoms with Crippen molar-refractivity contribution in [2.75, 3.05) is 13.7 Å². The van der Waals surface area contributed by atoms with E-state index in [4.69, 9.17) is 4.74 Å². The highest BCUT2D eigenvalue weighted by atomic mass is 16.5. The Morgan fingerprint density at radius 3 is 2.68 bits per heavy atom. The Morgan fingerprint density at radius 2 is 2.11 bits per heavy atom. The molecule has 0 radical (unpaired) electrons. The number of aliphatic hydroxyl groups excluding tert-OH is 1. The van der Waals surface area contributed by atoms with E-state index in [0.717, 1.165) is 5.56 Å². The van der Waals surface area contributed by atoms with Gasteiger partial charge in [0.25, 0.3) is 5.91 Å². The van der Waals surface area contributed by atoms with Gasteiger partial charge in [-0.3, -0.25) is 4.79 Å². The summed E-state index contributed by atoms with van der Waals surface area (Å²) in [4.78, 5) is 12.0. The summed E-state index contributed by atoms with van der Waals surface area (Å²) < 4.78 is 5.20. The Bertz CT molecular complexity index is 429. The maximum atomic E-state index is 12.0. The van der Waals surface area contributed by atoms with Gasteiger partial charge in [0, 0.05) is 12.1 Å². The van der Waals surface area contributed by atoms with Crippen molar-refractivity contribution in [1.29, 1.82) is 0 Å². The first-order chi connectivity index (χ1) is 8.93. The van der Waals surface area contributed by atoms with E-state index < -0.39 is 0 Å². The van der Waals surface area contributed by atoms with Crippen molar-refractivity contribution in [3.05, 3.63) is 29.3 Å². The molecule has 2 N–H and O–H groups in total. The average molecular weight is 265 g/mol. The fourth-order valence-electron chi connectivity index (χ4n) is 2.00. The van der Waals surface area contributed by atoms with Crippen LogP contribution in [-0.2, 0) is 0 Å². The summed E-state index contributed by atoms with van der Waals surface area (Å²) in [5, 5.41) is 12.1. The molecule has 0 aliphatic rings. The van der Waals surface area contributed by atoms with Crippen molar-refractivity contribution >= 4 is 5.91 Å². The summed E-state index contributed by atoms with van der Waals surface area (Å²) in [5.74, 6) is 0.844. The lowest BCUT2D eigenvalue weighted by Crippen LogP contribution is -2.29. The molecule has 0 saturated heterocycles. The molecule has 1 rings (SSSR count). The molecule has 4 nitrogen and oxygen atoms in total. The van der Waals surface area contributed by atoms with E-state index in [-0.39, 0.29) is 17.9 Å². The molecular weight excluding hydrogens is 242 g/mol. The SMILES string of the molecule is COc1cc(C(=O)NCC(C)CC(C)O)ccc1C. The van der Waals surface area contributed by atoms with Crippen LogP contribution in [0.15, 0.2) is 18.2 Å². The van der Waals surface area contributed by atoms with Gasteiger partial charge in [0.05, 0.1) is 13.2 Å². The normalized spacial score (nSPS) is 13.7. The second kappa shape index (κ2) is 7.14. The number of carbonyl (C=O) groups excluding carboxylic acids is 1. The standard InChI is InChI=1S/C15H23NO3/c1-10(7-12(3)17)9-16-15(18)13-6-5-11(2)14(8-13)19-4/h5-6,8,10,12,17H,7,9H2,1-4H3,(H,16,18). The molecule has 0 aliphatic heterocycles. The van der Waals surface area contributed by atoms with E-state index in [9.17, 15) is 9.90 Å². The first-order valence-corrected chi connectivity index (χ1v) is 6.55. The lowest BCUT2D eigenvalue weighted by atomic mass is 10.0. The summed E-state index contributed by atoms with van der Waals surface area (Å²) in [5.41, 5.74) is 1.59. The largest absolute Gasteiger partial charge is 0.496 e. The summed E-state index contributed by atoms with van der Waals surface area (Å²) in [7, 11) is 1.59. The van der Waals surface area contributed by atoms with Crippen LogP contribution in [0.3, 0.4) is 0 Å². The van der Waals surface area contributed by atoms with Gasteiger partial charge in [-0.05, 0) is 43.9 Å². The zero-order chi connectivity index (χ0) is 14.4. The Morgan fingerprint density at radius 1 is 1.42 bits per heavy atom. The van der Waals surface area contributed by atoms with Gasteiger partial charge in [-0.15, -0.1) is 0 Å². The summed E-state index contributed by atoms with van der Waals surface area (Å²) in [6.07, 6.45) is 0.337. The fraction of sp³-hybridized carbons (Fsp3) is 0.533. The van der Waals surface area contributed by atoms with Gasteiger partial charge >= 0.3 is 0 Å². The van der Waals surface area contributed by atoms with Gasteiger partial charge in [0.1, 0.15) is 5.75 Å². The van der Waals surface area contributed by atoms with E-state index in [2.05, 4.69) is 5.32 Å². The van der Waals surface area contributed by atoms with E-state index in [1.54, 1.807) is 26.2 Å². The van der Waals surface area contributed by atoms with Crippen molar-refractivity contribution in [3.8, 4) is 5.75 Å². The number of methoxy groups -OCH3 is 1. The molecule has 4 heteroatoms. The van der Waals surface area contributed by atoms with E-state index in [1.165, 1.54) is 0 Å². The molecule has 0 bridgehead atoms. The minimum absolute atomic E-state index is 0.115. The number of rotatable bonds is 6. The highest BCUT2D eigenvalue weighted by molar-refractivity contribution is 5.94. The van der Waals surface area contributed by atoms with Crippen molar-refractivity contribution in [1.82, 2.24) is 5.32 Å². The highest BCUT2D eigenvalue weighted by Gasteiger charge is 2.11. The van der Waals surface area contributed by atoms with Gasteiger partial charge < -0.3 is 15.2 Å². The Balaban J connectivity index is 2.58. The van der Waals surface area contributed by atoms with Crippen LogP contribution >= 0.6 is 0 Å². The summed E-state index contributed by atoms with van der Waals surface area (Å²) in [6.45, 7) is 6.25. The van der Waals surface area contributed by atoms with Crippen LogP contribution in [0.2, 0.25) is 0 Å². The molecule has 0 heterocycles. The van der Waals surface area contributed by atoms with Crippen LogP contribution in [0.1, 0.15) is 36.2 Å². The highest BCUT2D eigenvalue weighted by Crippen LogP contribution is 2.18. The third kappa shape index (κ3) is 4.91. The third-order valence-electron chi connectivity index (χ3n) is 3.02. The maximum absolute atomic E-state index is 12.0. The van der Waals surface area contributed by atoms with Gasteiger partial charge in [0.2, 0.25) is 0 Å². The van der Waals surface area contributed by atoms with Crippen LogP contribution < -0.4 is 10.1 Å². The van der Waals surface area contributed by atoms with E-state index in [0.29, 0.717) is 24.3 Å². The molecule has 0 saturated carbocycles. The molecule has 1 aromatic rings. The molecule has 1 amide bonds. The fourth-order valence-corrected chi connectivity index (χ4v) is 2.00. The van der Waals surface area contributed by atoms with Crippen molar-refractivity contribution in [2.45, 2.75) is 33.3 Å². The number of aryl methyl sites for hydroxylation is 1. The topological polar surface area (TPSA) is 58.6 Å². The molecule has 0 aliphatic carbocycles. The third-order valence-corrected chi connectivity index (χ3v) is 3.02. The molecule has 1 aromatic carbocycles. The van der Waals surface area contributed by atoms with Crippen LogP contribution in [0.5, 0.6) is 5.75 Å². The summed E-state index contributed by atoms with van der Waals surface area (Å²) in [6, 6.07) is 5.39. The second-order valence-corrected chi connectivity index (χ2v) is 5.08. The molecule has 0 spiro atoms. The summed E-state index contributed by atoms with van der Waals surface area (Å²) >= 11 is 0. The Hall–Kier alpha value is -1.55. The molecule has 106 valence electrons. The van der Waals surface area contributed by atoms with Crippen LogP contribution in [0, 0.1) is 12.8 Å². The lowest BCUT2D eigenvalue weighted by Gasteiger charge is -2.14. The Labute approximate surface area is 114 Å². The first-order valence-electron chi connectivity index (χ1n) is 6.55. The van der Waals surface area contributed by atoms with Gasteiger partial charge in [0.15, 0.2) is 0 Å². The number of aliphatic hydroxyl groups is 1. The molecule has 0 fully saturated rings. The molecule has 2 unspecified atom stereocenters.